The number of hydrogen-bond donors (Lipinski definition) is 3. The quantitative estimate of drug-likeness (QED) is 0.792. The van der Waals surface area contributed by atoms with Gasteiger partial charge in [-0.25, -0.2) is 0 Å². The second-order valence-corrected chi connectivity index (χ2v) is 5.86. The van der Waals surface area contributed by atoms with Crippen molar-refractivity contribution in [2.24, 2.45) is 0 Å². The van der Waals surface area contributed by atoms with E-state index >= 15 is 0 Å². The van der Waals surface area contributed by atoms with Crippen LogP contribution >= 0.6 is 0 Å². The van der Waals surface area contributed by atoms with Crippen LogP contribution < -0.4 is 10.6 Å². The zero-order valence-corrected chi connectivity index (χ0v) is 12.2. The van der Waals surface area contributed by atoms with Crippen LogP contribution in [0.15, 0.2) is 24.3 Å². The Balaban J connectivity index is 1.97. The number of carbonyl (C=O) groups excluding carboxylic acids is 1. The van der Waals surface area contributed by atoms with Gasteiger partial charge in [0.15, 0.2) is 0 Å². The largest absolute Gasteiger partial charge is 0.393 e. The van der Waals surface area contributed by atoms with Gasteiger partial charge < -0.3 is 15.7 Å². The first kappa shape index (κ1) is 14.9. The van der Waals surface area contributed by atoms with Gasteiger partial charge in [0.1, 0.15) is 0 Å². The van der Waals surface area contributed by atoms with E-state index in [-0.39, 0.29) is 18.1 Å². The molecule has 0 spiro atoms. The molecule has 1 aromatic rings. The Bertz CT molecular complexity index is 452. The van der Waals surface area contributed by atoms with Crippen LogP contribution in [0.3, 0.4) is 0 Å². The van der Waals surface area contributed by atoms with E-state index in [1.54, 1.807) is 0 Å². The van der Waals surface area contributed by atoms with Gasteiger partial charge in [0.05, 0.1) is 6.10 Å². The van der Waals surface area contributed by atoms with E-state index in [1.165, 1.54) is 0 Å². The second-order valence-electron chi connectivity index (χ2n) is 5.86. The average Bonchev–Trinajstić information content (AvgIpc) is 2.41. The van der Waals surface area contributed by atoms with E-state index in [0.717, 1.165) is 31.4 Å². The van der Waals surface area contributed by atoms with Crippen molar-refractivity contribution in [2.75, 3.05) is 5.32 Å². The fraction of sp³-hybridized carbons (Fsp3) is 0.562. The van der Waals surface area contributed by atoms with Crippen molar-refractivity contribution < 1.29 is 9.90 Å². The van der Waals surface area contributed by atoms with Crippen LogP contribution in [0, 0.1) is 0 Å². The van der Waals surface area contributed by atoms with E-state index in [4.69, 9.17) is 0 Å². The van der Waals surface area contributed by atoms with Gasteiger partial charge in [0, 0.05) is 23.3 Å². The monoisotopic (exact) mass is 276 g/mol. The number of carbonyl (C=O) groups is 1. The minimum Gasteiger partial charge on any atom is -0.393 e. The van der Waals surface area contributed by atoms with Gasteiger partial charge in [0.2, 0.25) is 0 Å². The molecule has 20 heavy (non-hydrogen) atoms. The molecule has 1 aliphatic rings. The van der Waals surface area contributed by atoms with Crippen molar-refractivity contribution in [2.45, 2.75) is 57.7 Å². The molecule has 1 amide bonds. The molecule has 0 aromatic heterocycles. The van der Waals surface area contributed by atoms with E-state index in [9.17, 15) is 9.90 Å². The topological polar surface area (TPSA) is 61.4 Å². The van der Waals surface area contributed by atoms with Crippen molar-refractivity contribution in [1.82, 2.24) is 5.32 Å². The fourth-order valence-electron chi connectivity index (χ4n) is 2.55. The molecule has 0 radical (unpaired) electrons. The number of rotatable bonds is 4. The molecule has 4 nitrogen and oxygen atoms in total. The van der Waals surface area contributed by atoms with Gasteiger partial charge in [0.25, 0.3) is 5.91 Å². The zero-order valence-electron chi connectivity index (χ0n) is 12.2. The lowest BCUT2D eigenvalue weighted by Crippen LogP contribution is -2.30. The predicted octanol–water partition coefficient (Wildman–Crippen LogP) is 2.54. The zero-order chi connectivity index (χ0) is 14.5. The molecule has 0 bridgehead atoms. The minimum atomic E-state index is -0.142. The molecule has 4 heteroatoms. The van der Waals surface area contributed by atoms with Crippen molar-refractivity contribution in [1.29, 1.82) is 0 Å². The second kappa shape index (κ2) is 6.75. The minimum absolute atomic E-state index is 0.0392. The van der Waals surface area contributed by atoms with Crippen LogP contribution in [0.25, 0.3) is 0 Å². The summed E-state index contributed by atoms with van der Waals surface area (Å²) in [6.45, 7) is 3.90. The van der Waals surface area contributed by atoms with Gasteiger partial charge in [-0.2, -0.15) is 0 Å². The normalized spacial score (nSPS) is 22.6. The number of nitrogens with one attached hydrogen (secondary N) is 2. The smallest absolute Gasteiger partial charge is 0.251 e. The third-order valence-electron chi connectivity index (χ3n) is 3.61. The maximum Gasteiger partial charge on any atom is 0.251 e. The molecule has 0 saturated heterocycles. The number of benzene rings is 1. The van der Waals surface area contributed by atoms with Gasteiger partial charge in [-0.15, -0.1) is 0 Å². The van der Waals surface area contributed by atoms with Crippen LogP contribution in [0.5, 0.6) is 0 Å². The van der Waals surface area contributed by atoms with Gasteiger partial charge in [-0.3, -0.25) is 4.79 Å². The molecule has 0 heterocycles. The first-order valence-electron chi connectivity index (χ1n) is 7.40. The Kier molecular flexibility index (Phi) is 5.01. The summed E-state index contributed by atoms with van der Waals surface area (Å²) in [7, 11) is 0. The Morgan fingerprint density at radius 2 is 1.95 bits per heavy atom. The van der Waals surface area contributed by atoms with E-state index in [0.29, 0.717) is 11.6 Å². The summed E-state index contributed by atoms with van der Waals surface area (Å²) >= 11 is 0. The molecule has 1 aromatic carbocycles. The first-order chi connectivity index (χ1) is 9.54. The highest BCUT2D eigenvalue weighted by molar-refractivity contribution is 5.95. The Hall–Kier alpha value is -1.55. The summed E-state index contributed by atoms with van der Waals surface area (Å²) in [5.74, 6) is -0.0392. The van der Waals surface area contributed by atoms with Crippen molar-refractivity contribution in [3.05, 3.63) is 29.8 Å². The summed E-state index contributed by atoms with van der Waals surface area (Å²) in [5.41, 5.74) is 1.65. The Morgan fingerprint density at radius 1 is 1.25 bits per heavy atom. The molecular formula is C16H24N2O2. The number of aliphatic hydroxyl groups is 1. The van der Waals surface area contributed by atoms with E-state index in [1.807, 2.05) is 38.1 Å². The summed E-state index contributed by atoms with van der Waals surface area (Å²) < 4.78 is 0. The third kappa shape index (κ3) is 4.23. The lowest BCUT2D eigenvalue weighted by molar-refractivity contribution is 0.0943. The van der Waals surface area contributed by atoms with Crippen LogP contribution in [0.4, 0.5) is 5.69 Å². The molecule has 0 aliphatic heterocycles. The molecule has 1 saturated carbocycles. The van der Waals surface area contributed by atoms with Crippen LogP contribution in [0.2, 0.25) is 0 Å². The van der Waals surface area contributed by atoms with E-state index < -0.39 is 0 Å². The van der Waals surface area contributed by atoms with Crippen molar-refractivity contribution in [3.63, 3.8) is 0 Å². The number of anilines is 1. The number of amides is 1. The standard InChI is InChI=1S/C16H24N2O2/c1-11(2)17-16(20)12-4-3-5-14(10-12)18-13-6-8-15(19)9-7-13/h3-5,10-11,13,15,18-19H,6-9H2,1-2H3,(H,17,20). The summed E-state index contributed by atoms with van der Waals surface area (Å²) in [6, 6.07) is 8.13. The molecule has 1 fully saturated rings. The highest BCUT2D eigenvalue weighted by Gasteiger charge is 2.19. The lowest BCUT2D eigenvalue weighted by atomic mass is 9.93. The molecule has 0 atom stereocenters. The predicted molar refractivity (Wildman–Crippen MR) is 80.9 cm³/mol. The first-order valence-corrected chi connectivity index (χ1v) is 7.40. The fourth-order valence-corrected chi connectivity index (χ4v) is 2.55. The van der Waals surface area contributed by atoms with Gasteiger partial charge in [-0.05, 0) is 57.7 Å². The summed E-state index contributed by atoms with van der Waals surface area (Å²) in [6.07, 6.45) is 3.51. The number of aliphatic hydroxyl groups excluding tert-OH is 1. The maximum atomic E-state index is 12.0. The van der Waals surface area contributed by atoms with E-state index in [2.05, 4.69) is 10.6 Å². The van der Waals surface area contributed by atoms with Crippen molar-refractivity contribution in [3.8, 4) is 0 Å². The van der Waals surface area contributed by atoms with Gasteiger partial charge in [-0.1, -0.05) is 6.07 Å². The van der Waals surface area contributed by atoms with Crippen LogP contribution in [-0.2, 0) is 0 Å². The Labute approximate surface area is 120 Å². The highest BCUT2D eigenvalue weighted by atomic mass is 16.3. The van der Waals surface area contributed by atoms with Gasteiger partial charge >= 0.3 is 0 Å². The van der Waals surface area contributed by atoms with Crippen molar-refractivity contribution >= 4 is 11.6 Å². The summed E-state index contributed by atoms with van der Waals surface area (Å²) in [5, 5.41) is 15.9. The molecule has 0 unspecified atom stereocenters. The van der Waals surface area contributed by atoms with Crippen LogP contribution in [0.1, 0.15) is 49.9 Å². The SMILES string of the molecule is CC(C)NC(=O)c1cccc(NC2CCC(O)CC2)c1. The molecule has 2 rings (SSSR count). The average molecular weight is 276 g/mol. The summed E-state index contributed by atoms with van der Waals surface area (Å²) in [4.78, 5) is 12.0. The number of hydrogen-bond acceptors (Lipinski definition) is 3. The molecule has 3 N–H and O–H groups in total. The molecule has 1 aliphatic carbocycles. The lowest BCUT2D eigenvalue weighted by Gasteiger charge is -2.27. The maximum absolute atomic E-state index is 12.0. The Morgan fingerprint density at radius 3 is 2.60 bits per heavy atom. The van der Waals surface area contributed by atoms with Crippen LogP contribution in [-0.4, -0.2) is 29.2 Å². The molecule has 110 valence electrons. The molecular weight excluding hydrogens is 252 g/mol. The highest BCUT2D eigenvalue weighted by Crippen LogP contribution is 2.22. The third-order valence-corrected chi connectivity index (χ3v) is 3.61.